The van der Waals surface area contributed by atoms with Crippen LogP contribution < -0.4 is 0 Å². The molecule has 0 fully saturated rings. The van der Waals surface area contributed by atoms with Gasteiger partial charge in [-0.3, -0.25) is 4.98 Å². The molecule has 5 heteroatoms. The van der Waals surface area contributed by atoms with Crippen LogP contribution in [0.15, 0.2) is 42.7 Å². The normalized spacial score (nSPS) is 12.8. The number of alkyl halides is 1. The summed E-state index contributed by atoms with van der Waals surface area (Å²) in [5, 5.41) is 0.687. The topological polar surface area (TPSA) is 30.7 Å². The van der Waals surface area contributed by atoms with Crippen LogP contribution in [0.25, 0.3) is 11.0 Å². The molecule has 20 heavy (non-hydrogen) atoms. The Morgan fingerprint density at radius 1 is 1.20 bits per heavy atom. The van der Waals surface area contributed by atoms with Gasteiger partial charge >= 0.3 is 0 Å². The van der Waals surface area contributed by atoms with E-state index in [-0.39, 0.29) is 6.04 Å². The molecule has 1 atom stereocenters. The number of hydrogen-bond donors (Lipinski definition) is 0. The molecule has 3 rings (SSSR count). The maximum atomic E-state index is 6.35. The Morgan fingerprint density at radius 2 is 1.95 bits per heavy atom. The largest absolute Gasteiger partial charge is 0.318 e. The van der Waals surface area contributed by atoms with E-state index in [0.717, 1.165) is 22.4 Å². The van der Waals surface area contributed by atoms with Crippen molar-refractivity contribution in [1.82, 2.24) is 14.5 Å². The molecule has 0 aliphatic rings. The smallest absolute Gasteiger partial charge is 0.125 e. The van der Waals surface area contributed by atoms with Crippen molar-refractivity contribution in [2.45, 2.75) is 18.8 Å². The minimum atomic E-state index is 0.0941. The maximum Gasteiger partial charge on any atom is 0.125 e. The zero-order valence-electron chi connectivity index (χ0n) is 10.9. The minimum Gasteiger partial charge on any atom is -0.318 e. The molecule has 1 aromatic carbocycles. The highest BCUT2D eigenvalue weighted by Crippen LogP contribution is 2.30. The fraction of sp³-hybridized carbons (Fsp3) is 0.200. The fourth-order valence-electron chi connectivity index (χ4n) is 2.46. The summed E-state index contributed by atoms with van der Waals surface area (Å²) in [6, 6.07) is 9.80. The first kappa shape index (κ1) is 13.4. The van der Waals surface area contributed by atoms with Crippen LogP contribution in [0.2, 0.25) is 5.02 Å². The summed E-state index contributed by atoms with van der Waals surface area (Å²) < 4.78 is 2.10. The highest BCUT2D eigenvalue weighted by atomic mass is 35.5. The van der Waals surface area contributed by atoms with Gasteiger partial charge in [0.15, 0.2) is 0 Å². The summed E-state index contributed by atoms with van der Waals surface area (Å²) in [5.41, 5.74) is 2.94. The lowest BCUT2D eigenvalue weighted by atomic mass is 10.1. The quantitative estimate of drug-likeness (QED) is 0.670. The predicted octanol–water partition coefficient (Wildman–Crippen LogP) is 4.43. The number of aromatic nitrogens is 3. The lowest BCUT2D eigenvalue weighted by Gasteiger charge is -2.17. The van der Waals surface area contributed by atoms with Gasteiger partial charge in [0.25, 0.3) is 0 Å². The van der Waals surface area contributed by atoms with Crippen LogP contribution in [0.3, 0.4) is 0 Å². The highest BCUT2D eigenvalue weighted by molar-refractivity contribution is 6.35. The van der Waals surface area contributed by atoms with E-state index in [1.165, 1.54) is 0 Å². The van der Waals surface area contributed by atoms with Gasteiger partial charge in [0.1, 0.15) is 5.82 Å². The lowest BCUT2D eigenvalue weighted by molar-refractivity contribution is 0.633. The van der Waals surface area contributed by atoms with Gasteiger partial charge in [-0.2, -0.15) is 0 Å². The summed E-state index contributed by atoms with van der Waals surface area (Å²) in [6.07, 6.45) is 3.57. The number of rotatable bonds is 3. The van der Waals surface area contributed by atoms with Crippen LogP contribution in [-0.2, 0) is 5.88 Å². The van der Waals surface area contributed by atoms with Gasteiger partial charge in [0.05, 0.1) is 28.0 Å². The van der Waals surface area contributed by atoms with Gasteiger partial charge in [-0.15, -0.1) is 11.6 Å². The van der Waals surface area contributed by atoms with Crippen LogP contribution in [0.1, 0.15) is 24.4 Å². The Balaban J connectivity index is 2.24. The van der Waals surface area contributed by atoms with Crippen molar-refractivity contribution < 1.29 is 0 Å². The van der Waals surface area contributed by atoms with E-state index in [9.17, 15) is 0 Å². The Labute approximate surface area is 127 Å². The first-order chi connectivity index (χ1) is 9.72. The lowest BCUT2D eigenvalue weighted by Crippen LogP contribution is -2.10. The molecule has 0 saturated heterocycles. The highest BCUT2D eigenvalue weighted by Gasteiger charge is 2.18. The Kier molecular flexibility index (Phi) is 3.64. The molecule has 3 aromatic rings. The van der Waals surface area contributed by atoms with Crippen LogP contribution in [0, 0.1) is 0 Å². The molecule has 0 radical (unpaired) electrons. The molecule has 2 aromatic heterocycles. The van der Waals surface area contributed by atoms with E-state index >= 15 is 0 Å². The summed E-state index contributed by atoms with van der Waals surface area (Å²) in [5.74, 6) is 1.17. The Morgan fingerprint density at radius 3 is 2.65 bits per heavy atom. The fourth-order valence-corrected chi connectivity index (χ4v) is 2.91. The maximum absolute atomic E-state index is 6.35. The standard InChI is InChI=1S/C15H13Cl2N3/c1-10(11-5-7-18-8-6-11)20-14(9-16)19-13-4-2-3-12(17)15(13)20/h2-8,10H,9H2,1H3. The molecule has 0 aliphatic carbocycles. The minimum absolute atomic E-state index is 0.0941. The van der Waals surface area contributed by atoms with E-state index in [4.69, 9.17) is 23.2 Å². The second-order valence-electron chi connectivity index (χ2n) is 4.60. The average Bonchev–Trinajstić information content (AvgIpc) is 2.87. The number of halogens is 2. The van der Waals surface area contributed by atoms with Crippen molar-refractivity contribution in [2.75, 3.05) is 0 Å². The molecule has 0 N–H and O–H groups in total. The first-order valence-corrected chi connectivity index (χ1v) is 7.25. The number of benzene rings is 1. The third-order valence-electron chi connectivity index (χ3n) is 3.43. The zero-order chi connectivity index (χ0) is 14.1. The van der Waals surface area contributed by atoms with Crippen molar-refractivity contribution >= 4 is 34.2 Å². The van der Waals surface area contributed by atoms with E-state index in [1.54, 1.807) is 12.4 Å². The predicted molar refractivity (Wildman–Crippen MR) is 82.4 cm³/mol. The van der Waals surface area contributed by atoms with Crippen molar-refractivity contribution in [3.63, 3.8) is 0 Å². The second-order valence-corrected chi connectivity index (χ2v) is 5.27. The van der Waals surface area contributed by atoms with Crippen LogP contribution in [0.5, 0.6) is 0 Å². The number of para-hydroxylation sites is 1. The van der Waals surface area contributed by atoms with E-state index < -0.39 is 0 Å². The molecule has 0 saturated carbocycles. The van der Waals surface area contributed by atoms with Crippen molar-refractivity contribution in [2.24, 2.45) is 0 Å². The zero-order valence-corrected chi connectivity index (χ0v) is 12.4. The van der Waals surface area contributed by atoms with Crippen molar-refractivity contribution in [3.05, 3.63) is 59.1 Å². The SMILES string of the molecule is CC(c1ccncc1)n1c(CCl)nc2cccc(Cl)c21. The number of fused-ring (bicyclic) bond motifs is 1. The molecule has 1 unspecified atom stereocenters. The summed E-state index contributed by atoms with van der Waals surface area (Å²) >= 11 is 12.4. The van der Waals surface area contributed by atoms with Crippen molar-refractivity contribution in [1.29, 1.82) is 0 Å². The van der Waals surface area contributed by atoms with Gasteiger partial charge in [0, 0.05) is 12.4 Å². The van der Waals surface area contributed by atoms with Gasteiger partial charge in [-0.25, -0.2) is 4.98 Å². The first-order valence-electron chi connectivity index (χ1n) is 6.33. The molecular formula is C15H13Cl2N3. The van der Waals surface area contributed by atoms with Gasteiger partial charge in [0.2, 0.25) is 0 Å². The third kappa shape index (κ3) is 2.17. The molecular weight excluding hydrogens is 293 g/mol. The monoisotopic (exact) mass is 305 g/mol. The summed E-state index contributed by atoms with van der Waals surface area (Å²) in [4.78, 5) is 8.62. The van der Waals surface area contributed by atoms with Crippen molar-refractivity contribution in [3.8, 4) is 0 Å². The van der Waals surface area contributed by atoms with Gasteiger partial charge < -0.3 is 4.57 Å². The molecule has 3 nitrogen and oxygen atoms in total. The van der Waals surface area contributed by atoms with Crippen LogP contribution in [-0.4, -0.2) is 14.5 Å². The van der Waals surface area contributed by atoms with E-state index in [0.29, 0.717) is 10.9 Å². The van der Waals surface area contributed by atoms with Crippen LogP contribution in [0.4, 0.5) is 0 Å². The van der Waals surface area contributed by atoms with E-state index in [2.05, 4.69) is 21.5 Å². The summed E-state index contributed by atoms with van der Waals surface area (Å²) in [6.45, 7) is 2.11. The summed E-state index contributed by atoms with van der Waals surface area (Å²) in [7, 11) is 0. The number of nitrogens with zero attached hydrogens (tertiary/aromatic N) is 3. The molecule has 2 heterocycles. The molecule has 0 amide bonds. The number of pyridine rings is 1. The second kappa shape index (κ2) is 5.43. The van der Waals surface area contributed by atoms with Gasteiger partial charge in [-0.05, 0) is 36.8 Å². The Bertz CT molecular complexity index is 737. The van der Waals surface area contributed by atoms with Crippen LogP contribution >= 0.6 is 23.2 Å². The number of imidazole rings is 1. The molecule has 0 spiro atoms. The molecule has 0 bridgehead atoms. The molecule has 0 aliphatic heterocycles. The Hall–Kier alpha value is -1.58. The molecule has 102 valence electrons. The number of hydrogen-bond acceptors (Lipinski definition) is 2. The average molecular weight is 306 g/mol. The van der Waals surface area contributed by atoms with E-state index in [1.807, 2.05) is 30.3 Å². The van der Waals surface area contributed by atoms with Gasteiger partial charge in [-0.1, -0.05) is 17.7 Å². The third-order valence-corrected chi connectivity index (χ3v) is 3.97.